The number of aliphatic hydroxyl groups is 4. The fourth-order valence-corrected chi connectivity index (χ4v) is 5.78. The van der Waals surface area contributed by atoms with E-state index in [2.05, 4.69) is 41.7 Å². The predicted octanol–water partition coefficient (Wildman–Crippen LogP) is 2.07. The Hall–Kier alpha value is -3.07. The first-order valence-electron chi connectivity index (χ1n) is 13.3. The highest BCUT2D eigenvalue weighted by atomic mass is 16.3. The number of rotatable bonds is 12. The van der Waals surface area contributed by atoms with Crippen LogP contribution in [0.2, 0.25) is 0 Å². The van der Waals surface area contributed by atoms with Crippen molar-refractivity contribution in [2.75, 3.05) is 26.3 Å². The largest absolute Gasteiger partial charge is 0.395 e. The summed E-state index contributed by atoms with van der Waals surface area (Å²) in [6.45, 7) is 0.361. The summed E-state index contributed by atoms with van der Waals surface area (Å²) in [7, 11) is 0. The van der Waals surface area contributed by atoms with Crippen molar-refractivity contribution in [1.82, 2.24) is 10.2 Å². The molecule has 1 aliphatic heterocycles. The molecule has 0 saturated carbocycles. The van der Waals surface area contributed by atoms with E-state index in [1.54, 1.807) is 4.90 Å². The van der Waals surface area contributed by atoms with E-state index in [9.17, 15) is 25.2 Å². The van der Waals surface area contributed by atoms with Crippen molar-refractivity contribution in [2.45, 2.75) is 49.0 Å². The molecular weight excluding hydrogens is 480 g/mol. The van der Waals surface area contributed by atoms with Gasteiger partial charge in [-0.25, -0.2) is 0 Å². The molecule has 1 heterocycles. The van der Waals surface area contributed by atoms with Crippen LogP contribution in [0.1, 0.15) is 36.0 Å². The summed E-state index contributed by atoms with van der Waals surface area (Å²) in [4.78, 5) is 15.2. The molecule has 0 unspecified atom stereocenters. The molecule has 1 saturated heterocycles. The molecule has 0 aliphatic carbocycles. The van der Waals surface area contributed by atoms with Crippen LogP contribution in [0, 0.1) is 0 Å². The first-order chi connectivity index (χ1) is 18.5. The number of nitrogens with zero attached hydrogens (tertiary/aromatic N) is 1. The number of benzene rings is 3. The number of hydrogen-bond acceptors (Lipinski definition) is 6. The summed E-state index contributed by atoms with van der Waals surface area (Å²) in [6.07, 6.45) is -0.597. The lowest BCUT2D eigenvalue weighted by Gasteiger charge is -2.35. The van der Waals surface area contributed by atoms with Gasteiger partial charge in [-0.3, -0.25) is 9.69 Å². The van der Waals surface area contributed by atoms with E-state index in [4.69, 9.17) is 0 Å². The van der Waals surface area contributed by atoms with Crippen molar-refractivity contribution in [3.63, 3.8) is 0 Å². The van der Waals surface area contributed by atoms with E-state index >= 15 is 0 Å². The van der Waals surface area contributed by atoms with Crippen molar-refractivity contribution in [1.29, 1.82) is 0 Å². The van der Waals surface area contributed by atoms with Gasteiger partial charge in [0, 0.05) is 13.0 Å². The number of nitrogens with one attached hydrogen (secondary N) is 1. The molecular formula is C31H38N2O5. The van der Waals surface area contributed by atoms with Crippen molar-refractivity contribution < 1.29 is 25.2 Å². The Kier molecular flexibility index (Phi) is 9.66. The molecule has 7 heteroatoms. The maximum atomic E-state index is 13.4. The van der Waals surface area contributed by atoms with Gasteiger partial charge < -0.3 is 25.7 Å². The minimum atomic E-state index is -1.10. The van der Waals surface area contributed by atoms with Gasteiger partial charge in [0.25, 0.3) is 0 Å². The van der Waals surface area contributed by atoms with Gasteiger partial charge in [0.1, 0.15) is 0 Å². The summed E-state index contributed by atoms with van der Waals surface area (Å²) >= 11 is 0. The maximum absolute atomic E-state index is 13.4. The first kappa shape index (κ1) is 28.0. The third-order valence-corrected chi connectivity index (χ3v) is 7.76. The van der Waals surface area contributed by atoms with Crippen LogP contribution in [-0.4, -0.2) is 81.8 Å². The predicted molar refractivity (Wildman–Crippen MR) is 147 cm³/mol. The van der Waals surface area contributed by atoms with Crippen molar-refractivity contribution >= 4 is 5.91 Å². The van der Waals surface area contributed by atoms with E-state index < -0.39 is 29.7 Å². The fourth-order valence-electron chi connectivity index (χ4n) is 5.78. The van der Waals surface area contributed by atoms with Crippen LogP contribution in [-0.2, 0) is 10.2 Å². The smallest absolute Gasteiger partial charge is 0.221 e. The van der Waals surface area contributed by atoms with Crippen LogP contribution in [0.25, 0.3) is 0 Å². The highest BCUT2D eigenvalue weighted by Gasteiger charge is 2.46. The Morgan fingerprint density at radius 3 is 1.53 bits per heavy atom. The van der Waals surface area contributed by atoms with Crippen LogP contribution >= 0.6 is 0 Å². The Bertz CT molecular complexity index is 1020. The fraction of sp³-hybridized carbons (Fsp3) is 0.387. The van der Waals surface area contributed by atoms with Crippen molar-refractivity contribution in [2.24, 2.45) is 0 Å². The average molecular weight is 519 g/mol. The van der Waals surface area contributed by atoms with Crippen LogP contribution in [0.15, 0.2) is 91.0 Å². The van der Waals surface area contributed by atoms with Crippen molar-refractivity contribution in [3.05, 3.63) is 108 Å². The van der Waals surface area contributed by atoms with Crippen LogP contribution in [0.3, 0.4) is 0 Å². The molecule has 7 nitrogen and oxygen atoms in total. The van der Waals surface area contributed by atoms with Gasteiger partial charge in [-0.05, 0) is 36.1 Å². The monoisotopic (exact) mass is 518 g/mol. The maximum Gasteiger partial charge on any atom is 0.221 e. The van der Waals surface area contributed by atoms with Gasteiger partial charge in [0.05, 0.1) is 42.9 Å². The lowest BCUT2D eigenvalue weighted by Crippen LogP contribution is -2.43. The molecule has 4 atom stereocenters. The normalized spacial score (nSPS) is 21.9. The second-order valence-corrected chi connectivity index (χ2v) is 9.96. The third-order valence-electron chi connectivity index (χ3n) is 7.76. The number of hydrogen-bond donors (Lipinski definition) is 5. The zero-order valence-corrected chi connectivity index (χ0v) is 21.6. The Labute approximate surface area is 224 Å². The number of unbranched alkanes of at least 4 members (excludes halogenated alkanes) is 1. The summed E-state index contributed by atoms with van der Waals surface area (Å²) in [6, 6.07) is 29.1. The number of likely N-dealkylation sites (tertiary alicyclic amines) is 1. The Morgan fingerprint density at radius 1 is 0.711 bits per heavy atom. The number of aliphatic hydroxyl groups excluding tert-OH is 4. The summed E-state index contributed by atoms with van der Waals surface area (Å²) in [5, 5.41) is 42.7. The standard InChI is InChI=1S/C31H38N2O5/c34-21-26-29(37)30(38)27(22-35)33(26)19-11-10-18-32-28(36)20-31(23-12-4-1-5-13-23,24-14-6-2-7-15-24)25-16-8-3-9-17-25/h1-9,12-17,26-27,29-30,34-35,37-38H,10-11,18-22H2,(H,32,36)/t26-,27-,29-,30-/m1/s1. The molecule has 5 N–H and O–H groups in total. The highest BCUT2D eigenvalue weighted by Crippen LogP contribution is 2.42. The molecule has 1 fully saturated rings. The molecule has 1 aliphatic rings. The van der Waals surface area contributed by atoms with E-state index in [1.165, 1.54) is 0 Å². The Morgan fingerprint density at radius 2 is 1.13 bits per heavy atom. The second-order valence-electron chi connectivity index (χ2n) is 9.96. The molecule has 0 spiro atoms. The van der Waals surface area contributed by atoms with E-state index in [1.807, 2.05) is 54.6 Å². The summed E-state index contributed by atoms with van der Waals surface area (Å²) in [5.41, 5.74) is 2.48. The zero-order chi connectivity index (χ0) is 27.0. The van der Waals surface area contributed by atoms with Crippen LogP contribution in [0.5, 0.6) is 0 Å². The zero-order valence-electron chi connectivity index (χ0n) is 21.6. The van der Waals surface area contributed by atoms with Gasteiger partial charge in [-0.1, -0.05) is 91.0 Å². The molecule has 3 aromatic carbocycles. The van der Waals surface area contributed by atoms with Crippen LogP contribution < -0.4 is 5.32 Å². The first-order valence-corrected chi connectivity index (χ1v) is 13.3. The topological polar surface area (TPSA) is 113 Å². The SMILES string of the molecule is O=C(CC(c1ccccc1)(c1ccccc1)c1ccccc1)NCCCCN1[C@H](CO)[C@@H](O)[C@H](O)[C@H]1CO. The van der Waals surface area contributed by atoms with Gasteiger partial charge in [-0.2, -0.15) is 0 Å². The summed E-state index contributed by atoms with van der Waals surface area (Å²) < 4.78 is 0. The molecule has 38 heavy (non-hydrogen) atoms. The molecule has 0 radical (unpaired) electrons. The Balaban J connectivity index is 1.45. The summed E-state index contributed by atoms with van der Waals surface area (Å²) in [5.74, 6) is -0.0601. The average Bonchev–Trinajstić information content (AvgIpc) is 3.20. The minimum absolute atomic E-state index is 0.0601. The molecule has 202 valence electrons. The van der Waals surface area contributed by atoms with Gasteiger partial charge in [0.15, 0.2) is 0 Å². The molecule has 0 aromatic heterocycles. The lowest BCUT2D eigenvalue weighted by atomic mass is 9.67. The van der Waals surface area contributed by atoms with E-state index in [0.717, 1.165) is 16.7 Å². The second kappa shape index (κ2) is 13.1. The van der Waals surface area contributed by atoms with Crippen molar-refractivity contribution in [3.8, 4) is 0 Å². The minimum Gasteiger partial charge on any atom is -0.395 e. The number of amides is 1. The number of carbonyl (C=O) groups is 1. The molecule has 0 bridgehead atoms. The molecule has 1 amide bonds. The van der Waals surface area contributed by atoms with Crippen LogP contribution in [0.4, 0.5) is 0 Å². The van der Waals surface area contributed by atoms with Gasteiger partial charge >= 0.3 is 0 Å². The van der Waals surface area contributed by atoms with E-state index in [-0.39, 0.29) is 25.5 Å². The van der Waals surface area contributed by atoms with E-state index in [0.29, 0.717) is 25.9 Å². The van der Waals surface area contributed by atoms with Gasteiger partial charge in [-0.15, -0.1) is 0 Å². The highest BCUT2D eigenvalue weighted by molar-refractivity contribution is 5.80. The quantitative estimate of drug-likeness (QED) is 0.185. The van der Waals surface area contributed by atoms with Gasteiger partial charge in [0.2, 0.25) is 5.91 Å². The third kappa shape index (κ3) is 5.82. The number of carbonyl (C=O) groups excluding carboxylic acids is 1. The molecule has 3 aromatic rings. The lowest BCUT2D eigenvalue weighted by molar-refractivity contribution is -0.121. The molecule has 4 rings (SSSR count).